The van der Waals surface area contributed by atoms with Gasteiger partial charge in [0.1, 0.15) is 11.6 Å². The Morgan fingerprint density at radius 3 is 2.75 bits per heavy atom. The molecule has 0 aliphatic rings. The molecule has 0 radical (unpaired) electrons. The molecule has 4 nitrogen and oxygen atoms in total. The zero-order valence-electron chi connectivity index (χ0n) is 10.9. The SMILES string of the molecule is COC(=O)c1cc(NC(C)c2ccc(Br)o2)ccc1F. The van der Waals surface area contributed by atoms with Crippen molar-refractivity contribution in [3.63, 3.8) is 0 Å². The number of rotatable bonds is 4. The Labute approximate surface area is 124 Å². The van der Waals surface area contributed by atoms with Gasteiger partial charge in [-0.3, -0.25) is 0 Å². The minimum atomic E-state index is -0.709. The fourth-order valence-electron chi connectivity index (χ4n) is 1.76. The molecule has 1 unspecified atom stereocenters. The van der Waals surface area contributed by atoms with E-state index in [1.807, 2.05) is 13.0 Å². The van der Waals surface area contributed by atoms with Gasteiger partial charge < -0.3 is 14.5 Å². The second kappa shape index (κ2) is 6.09. The fraction of sp³-hybridized carbons (Fsp3) is 0.214. The minimum Gasteiger partial charge on any atom is -0.465 e. The van der Waals surface area contributed by atoms with Crippen LogP contribution in [0.15, 0.2) is 39.4 Å². The number of ether oxygens (including phenoxy) is 1. The van der Waals surface area contributed by atoms with E-state index in [1.165, 1.54) is 19.2 Å². The molecule has 1 aromatic heterocycles. The first-order valence-electron chi connectivity index (χ1n) is 5.91. The number of nitrogens with one attached hydrogen (secondary N) is 1. The van der Waals surface area contributed by atoms with Gasteiger partial charge in [0, 0.05) is 5.69 Å². The van der Waals surface area contributed by atoms with Crippen molar-refractivity contribution in [1.29, 1.82) is 0 Å². The Hall–Kier alpha value is -1.82. The Kier molecular flexibility index (Phi) is 4.44. The molecular formula is C14H13BrFNO3. The lowest BCUT2D eigenvalue weighted by Gasteiger charge is -2.13. The van der Waals surface area contributed by atoms with E-state index in [9.17, 15) is 9.18 Å². The highest BCUT2D eigenvalue weighted by Gasteiger charge is 2.15. The van der Waals surface area contributed by atoms with Gasteiger partial charge in [-0.05, 0) is 53.2 Å². The Morgan fingerprint density at radius 2 is 2.15 bits per heavy atom. The zero-order chi connectivity index (χ0) is 14.7. The van der Waals surface area contributed by atoms with Crippen LogP contribution in [-0.2, 0) is 4.74 Å². The lowest BCUT2D eigenvalue weighted by Crippen LogP contribution is -2.09. The van der Waals surface area contributed by atoms with Crippen molar-refractivity contribution in [2.45, 2.75) is 13.0 Å². The summed E-state index contributed by atoms with van der Waals surface area (Å²) in [4.78, 5) is 11.4. The molecule has 0 aliphatic heterocycles. The summed E-state index contributed by atoms with van der Waals surface area (Å²) in [5.74, 6) is -0.601. The predicted molar refractivity (Wildman–Crippen MR) is 76.2 cm³/mol. The number of carbonyl (C=O) groups is 1. The molecule has 1 N–H and O–H groups in total. The first-order valence-corrected chi connectivity index (χ1v) is 6.70. The molecule has 2 rings (SSSR count). The molecule has 2 aromatic rings. The predicted octanol–water partition coefficient (Wildman–Crippen LogP) is 4.14. The van der Waals surface area contributed by atoms with E-state index in [0.717, 1.165) is 5.76 Å². The van der Waals surface area contributed by atoms with Crippen molar-refractivity contribution in [2.24, 2.45) is 0 Å². The number of furan rings is 1. The Balaban J connectivity index is 2.19. The number of methoxy groups -OCH3 is 1. The van der Waals surface area contributed by atoms with Crippen LogP contribution in [-0.4, -0.2) is 13.1 Å². The summed E-state index contributed by atoms with van der Waals surface area (Å²) < 4.78 is 24.1. The maximum atomic E-state index is 13.5. The highest BCUT2D eigenvalue weighted by molar-refractivity contribution is 9.10. The third-order valence-electron chi connectivity index (χ3n) is 2.78. The monoisotopic (exact) mass is 341 g/mol. The highest BCUT2D eigenvalue weighted by Crippen LogP contribution is 2.24. The summed E-state index contributed by atoms with van der Waals surface area (Å²) in [5.41, 5.74) is 0.497. The van der Waals surface area contributed by atoms with Crippen LogP contribution in [0.25, 0.3) is 0 Å². The van der Waals surface area contributed by atoms with Gasteiger partial charge in [0.2, 0.25) is 0 Å². The van der Waals surface area contributed by atoms with Gasteiger partial charge in [0.25, 0.3) is 0 Å². The topological polar surface area (TPSA) is 51.5 Å². The van der Waals surface area contributed by atoms with Crippen molar-refractivity contribution < 1.29 is 18.3 Å². The molecule has 0 saturated carbocycles. The lowest BCUT2D eigenvalue weighted by atomic mass is 10.1. The van der Waals surface area contributed by atoms with E-state index < -0.39 is 11.8 Å². The average Bonchev–Trinajstić information content (AvgIpc) is 2.87. The van der Waals surface area contributed by atoms with Gasteiger partial charge in [-0.1, -0.05) is 0 Å². The first kappa shape index (κ1) is 14.6. The van der Waals surface area contributed by atoms with Gasteiger partial charge in [-0.25, -0.2) is 9.18 Å². The van der Waals surface area contributed by atoms with Crippen LogP contribution < -0.4 is 5.32 Å². The third kappa shape index (κ3) is 3.19. The number of carbonyl (C=O) groups excluding carboxylic acids is 1. The minimum absolute atomic E-state index is 0.106. The largest absolute Gasteiger partial charge is 0.465 e. The van der Waals surface area contributed by atoms with Gasteiger partial charge in [0.05, 0.1) is 18.7 Å². The molecule has 0 fully saturated rings. The molecule has 6 heteroatoms. The maximum absolute atomic E-state index is 13.5. The Bertz CT molecular complexity index is 627. The molecule has 0 saturated heterocycles. The van der Waals surface area contributed by atoms with Crippen molar-refractivity contribution in [3.05, 3.63) is 52.1 Å². The lowest BCUT2D eigenvalue weighted by molar-refractivity contribution is 0.0595. The van der Waals surface area contributed by atoms with Crippen molar-refractivity contribution in [3.8, 4) is 0 Å². The molecular weight excluding hydrogens is 329 g/mol. The van der Waals surface area contributed by atoms with E-state index in [-0.39, 0.29) is 11.6 Å². The smallest absolute Gasteiger partial charge is 0.340 e. The second-order valence-corrected chi connectivity index (χ2v) is 4.98. The van der Waals surface area contributed by atoms with Crippen LogP contribution in [0.3, 0.4) is 0 Å². The average molecular weight is 342 g/mol. The quantitative estimate of drug-likeness (QED) is 0.849. The number of anilines is 1. The van der Waals surface area contributed by atoms with Crippen LogP contribution in [0.1, 0.15) is 29.1 Å². The van der Waals surface area contributed by atoms with Gasteiger partial charge >= 0.3 is 5.97 Å². The van der Waals surface area contributed by atoms with Crippen LogP contribution in [0, 0.1) is 5.82 Å². The van der Waals surface area contributed by atoms with E-state index >= 15 is 0 Å². The summed E-state index contributed by atoms with van der Waals surface area (Å²) >= 11 is 3.23. The van der Waals surface area contributed by atoms with E-state index in [4.69, 9.17) is 4.42 Å². The van der Waals surface area contributed by atoms with Gasteiger partial charge in [0.15, 0.2) is 4.67 Å². The maximum Gasteiger partial charge on any atom is 0.340 e. The number of esters is 1. The first-order chi connectivity index (χ1) is 9.51. The molecule has 106 valence electrons. The molecule has 0 bridgehead atoms. The van der Waals surface area contributed by atoms with Gasteiger partial charge in [-0.15, -0.1) is 0 Å². The molecule has 0 amide bonds. The van der Waals surface area contributed by atoms with Crippen LogP contribution in [0.2, 0.25) is 0 Å². The second-order valence-electron chi connectivity index (χ2n) is 4.19. The van der Waals surface area contributed by atoms with Crippen molar-refractivity contribution >= 4 is 27.6 Å². The molecule has 0 aliphatic carbocycles. The zero-order valence-corrected chi connectivity index (χ0v) is 12.5. The van der Waals surface area contributed by atoms with Gasteiger partial charge in [-0.2, -0.15) is 0 Å². The Morgan fingerprint density at radius 1 is 1.40 bits per heavy atom. The highest BCUT2D eigenvalue weighted by atomic mass is 79.9. The third-order valence-corrected chi connectivity index (χ3v) is 3.20. The van der Waals surface area contributed by atoms with Crippen LogP contribution in [0.4, 0.5) is 10.1 Å². The van der Waals surface area contributed by atoms with Crippen molar-refractivity contribution in [1.82, 2.24) is 0 Å². The summed E-state index contributed by atoms with van der Waals surface area (Å²) in [5, 5.41) is 3.13. The van der Waals surface area contributed by atoms with Crippen LogP contribution in [0.5, 0.6) is 0 Å². The van der Waals surface area contributed by atoms with E-state index in [1.54, 1.807) is 12.1 Å². The molecule has 0 spiro atoms. The fourth-order valence-corrected chi connectivity index (χ4v) is 2.08. The number of benzene rings is 1. The summed E-state index contributed by atoms with van der Waals surface area (Å²) in [7, 11) is 1.21. The number of hydrogen-bond donors (Lipinski definition) is 1. The van der Waals surface area contributed by atoms with Crippen LogP contribution >= 0.6 is 15.9 Å². The molecule has 1 heterocycles. The summed E-state index contributed by atoms with van der Waals surface area (Å²) in [6, 6.07) is 7.67. The summed E-state index contributed by atoms with van der Waals surface area (Å²) in [6.45, 7) is 1.90. The summed E-state index contributed by atoms with van der Waals surface area (Å²) in [6.07, 6.45) is 0. The standard InChI is InChI=1S/C14H13BrFNO3/c1-8(12-5-6-13(15)20-12)17-9-3-4-11(16)10(7-9)14(18)19-2/h3-8,17H,1-2H3. The number of hydrogen-bond acceptors (Lipinski definition) is 4. The van der Waals surface area contributed by atoms with E-state index in [2.05, 4.69) is 26.0 Å². The van der Waals surface area contributed by atoms with E-state index in [0.29, 0.717) is 10.4 Å². The normalized spacial score (nSPS) is 12.0. The number of halogens is 2. The van der Waals surface area contributed by atoms with Crippen molar-refractivity contribution in [2.75, 3.05) is 12.4 Å². The molecule has 20 heavy (non-hydrogen) atoms. The molecule has 1 atom stereocenters. The molecule has 1 aromatic carbocycles.